The molecule has 0 spiro atoms. The molecule has 0 saturated carbocycles. The molecule has 0 saturated heterocycles. The Morgan fingerprint density at radius 1 is 0.364 bits per heavy atom. The van der Waals surface area contributed by atoms with Gasteiger partial charge in [-0.1, -0.05) is 127 Å². The van der Waals surface area contributed by atoms with Crippen molar-refractivity contribution in [2.45, 2.75) is 0 Å². The first-order valence-corrected chi connectivity index (χ1v) is 15.8. The minimum Gasteiger partial charge on any atom is -0.310 e. The zero-order valence-corrected chi connectivity index (χ0v) is 24.9. The van der Waals surface area contributed by atoms with E-state index in [2.05, 4.69) is 180 Å². The molecule has 1 heterocycles. The molecule has 0 N–H and O–H groups in total. The predicted molar refractivity (Wildman–Crippen MR) is 190 cm³/mol. The van der Waals surface area contributed by atoms with Gasteiger partial charge in [0.25, 0.3) is 0 Å². The normalized spacial score (nSPS) is 11.2. The van der Waals surface area contributed by atoms with E-state index in [1.54, 1.807) is 11.3 Å². The Balaban J connectivity index is 1.23. The SMILES string of the molecule is c1ccc(-c2ccc(N(c3ccc(-c4cccc5ccccc45)cc3)c3cccc(-c4csc5ccccc45)c3)cc2)cc1. The molecule has 0 amide bonds. The van der Waals surface area contributed by atoms with Crippen LogP contribution in [-0.4, -0.2) is 0 Å². The molecular weight excluding hydrogens is 551 g/mol. The van der Waals surface area contributed by atoms with Crippen molar-refractivity contribution in [2.75, 3.05) is 4.90 Å². The zero-order chi connectivity index (χ0) is 29.3. The number of anilines is 3. The molecule has 7 aromatic carbocycles. The monoisotopic (exact) mass is 579 g/mol. The van der Waals surface area contributed by atoms with Crippen LogP contribution in [0.4, 0.5) is 17.1 Å². The summed E-state index contributed by atoms with van der Waals surface area (Å²) in [6.07, 6.45) is 0. The topological polar surface area (TPSA) is 3.24 Å². The molecule has 2 heteroatoms. The van der Waals surface area contributed by atoms with Crippen LogP contribution in [0.25, 0.3) is 54.2 Å². The largest absolute Gasteiger partial charge is 0.310 e. The molecular formula is C42H29NS. The van der Waals surface area contributed by atoms with Gasteiger partial charge in [-0.15, -0.1) is 11.3 Å². The Kier molecular flexibility index (Phi) is 6.75. The Morgan fingerprint density at radius 2 is 0.955 bits per heavy atom. The molecule has 0 atom stereocenters. The van der Waals surface area contributed by atoms with E-state index in [1.165, 1.54) is 54.2 Å². The lowest BCUT2D eigenvalue weighted by molar-refractivity contribution is 1.28. The molecule has 208 valence electrons. The molecule has 0 unspecified atom stereocenters. The summed E-state index contributed by atoms with van der Waals surface area (Å²) in [7, 11) is 0. The van der Waals surface area contributed by atoms with Gasteiger partial charge in [0.15, 0.2) is 0 Å². The number of hydrogen-bond acceptors (Lipinski definition) is 2. The second-order valence-corrected chi connectivity index (χ2v) is 11.9. The van der Waals surface area contributed by atoms with Gasteiger partial charge < -0.3 is 4.90 Å². The second kappa shape index (κ2) is 11.3. The van der Waals surface area contributed by atoms with E-state index in [1.807, 2.05) is 0 Å². The van der Waals surface area contributed by atoms with Crippen LogP contribution < -0.4 is 4.90 Å². The van der Waals surface area contributed by atoms with Crippen LogP contribution >= 0.6 is 11.3 Å². The van der Waals surface area contributed by atoms with Crippen LogP contribution in [0.3, 0.4) is 0 Å². The van der Waals surface area contributed by atoms with E-state index >= 15 is 0 Å². The third-order valence-corrected chi connectivity index (χ3v) is 9.32. The molecule has 0 aliphatic heterocycles. The van der Waals surface area contributed by atoms with Crippen molar-refractivity contribution in [3.05, 3.63) is 175 Å². The van der Waals surface area contributed by atoms with Crippen LogP contribution in [-0.2, 0) is 0 Å². The Bertz CT molecular complexity index is 2210. The number of hydrogen-bond donors (Lipinski definition) is 0. The van der Waals surface area contributed by atoms with Crippen LogP contribution in [0.1, 0.15) is 0 Å². The highest BCUT2D eigenvalue weighted by atomic mass is 32.1. The minimum absolute atomic E-state index is 1.12. The average molecular weight is 580 g/mol. The van der Waals surface area contributed by atoms with Crippen LogP contribution in [0.5, 0.6) is 0 Å². The standard InChI is InChI=1S/C42H29NS/c1-2-10-30(11-3-1)31-20-24-35(25-21-31)43(37-15-8-14-34(28-37)41-29-44-42-19-7-6-17-40(41)42)36-26-22-33(23-27-36)39-18-9-13-32-12-4-5-16-38(32)39/h1-29H. The molecule has 44 heavy (non-hydrogen) atoms. The van der Waals surface area contributed by atoms with Gasteiger partial charge in [-0.3, -0.25) is 0 Å². The van der Waals surface area contributed by atoms with Gasteiger partial charge in [-0.2, -0.15) is 0 Å². The number of rotatable bonds is 6. The van der Waals surface area contributed by atoms with E-state index in [9.17, 15) is 0 Å². The lowest BCUT2D eigenvalue weighted by Gasteiger charge is -2.26. The van der Waals surface area contributed by atoms with Gasteiger partial charge in [0, 0.05) is 32.7 Å². The fraction of sp³-hybridized carbons (Fsp3) is 0. The molecule has 8 rings (SSSR count). The summed E-state index contributed by atoms with van der Waals surface area (Å²) >= 11 is 1.80. The maximum atomic E-state index is 2.36. The number of thiophene rings is 1. The lowest BCUT2D eigenvalue weighted by Crippen LogP contribution is -2.10. The maximum absolute atomic E-state index is 2.36. The second-order valence-electron chi connectivity index (χ2n) is 11.0. The van der Waals surface area contributed by atoms with E-state index in [0.29, 0.717) is 0 Å². The molecule has 0 aliphatic rings. The third kappa shape index (κ3) is 4.86. The van der Waals surface area contributed by atoms with Crippen molar-refractivity contribution in [2.24, 2.45) is 0 Å². The zero-order valence-electron chi connectivity index (χ0n) is 24.1. The highest BCUT2D eigenvalue weighted by molar-refractivity contribution is 7.17. The first kappa shape index (κ1) is 26.2. The maximum Gasteiger partial charge on any atom is 0.0467 e. The summed E-state index contributed by atoms with van der Waals surface area (Å²) < 4.78 is 1.31. The summed E-state index contributed by atoms with van der Waals surface area (Å²) in [4.78, 5) is 2.36. The van der Waals surface area contributed by atoms with E-state index < -0.39 is 0 Å². The quantitative estimate of drug-likeness (QED) is 0.189. The van der Waals surface area contributed by atoms with Gasteiger partial charge in [0.2, 0.25) is 0 Å². The molecule has 0 fully saturated rings. The highest BCUT2D eigenvalue weighted by Crippen LogP contribution is 2.41. The Labute approximate surface area is 261 Å². The molecule has 0 aliphatic carbocycles. The van der Waals surface area contributed by atoms with Gasteiger partial charge in [0.05, 0.1) is 0 Å². The van der Waals surface area contributed by atoms with Crippen molar-refractivity contribution in [1.82, 2.24) is 0 Å². The molecule has 0 radical (unpaired) electrons. The third-order valence-electron chi connectivity index (χ3n) is 8.36. The van der Waals surface area contributed by atoms with Crippen molar-refractivity contribution >= 4 is 49.3 Å². The van der Waals surface area contributed by atoms with Crippen molar-refractivity contribution in [3.8, 4) is 33.4 Å². The highest BCUT2D eigenvalue weighted by Gasteiger charge is 2.16. The van der Waals surface area contributed by atoms with Gasteiger partial charge >= 0.3 is 0 Å². The number of benzene rings is 7. The van der Waals surface area contributed by atoms with Gasteiger partial charge in [0.1, 0.15) is 0 Å². The summed E-state index contributed by atoms with van der Waals surface area (Å²) in [5.41, 5.74) is 10.8. The lowest BCUT2D eigenvalue weighted by atomic mass is 9.98. The summed E-state index contributed by atoms with van der Waals surface area (Å²) in [6, 6.07) is 61.2. The fourth-order valence-electron chi connectivity index (χ4n) is 6.16. The van der Waals surface area contributed by atoms with Crippen molar-refractivity contribution in [1.29, 1.82) is 0 Å². The average Bonchev–Trinajstić information content (AvgIpc) is 3.54. The van der Waals surface area contributed by atoms with Crippen molar-refractivity contribution in [3.63, 3.8) is 0 Å². The molecule has 8 aromatic rings. The van der Waals surface area contributed by atoms with E-state index in [4.69, 9.17) is 0 Å². The molecule has 1 nitrogen and oxygen atoms in total. The molecule has 1 aromatic heterocycles. The Morgan fingerprint density at radius 3 is 1.75 bits per heavy atom. The molecule has 0 bridgehead atoms. The summed E-state index contributed by atoms with van der Waals surface area (Å²) in [5.74, 6) is 0. The predicted octanol–water partition coefficient (Wildman–Crippen LogP) is 12.5. The first-order valence-electron chi connectivity index (χ1n) is 14.9. The minimum atomic E-state index is 1.12. The van der Waals surface area contributed by atoms with Gasteiger partial charge in [-0.05, 0) is 86.4 Å². The van der Waals surface area contributed by atoms with Crippen molar-refractivity contribution < 1.29 is 0 Å². The van der Waals surface area contributed by atoms with Crippen LogP contribution in [0.15, 0.2) is 175 Å². The first-order chi connectivity index (χ1) is 21.8. The van der Waals surface area contributed by atoms with Gasteiger partial charge in [-0.25, -0.2) is 0 Å². The number of fused-ring (bicyclic) bond motifs is 2. The van der Waals surface area contributed by atoms with E-state index in [0.717, 1.165) is 17.1 Å². The fourth-order valence-corrected chi connectivity index (χ4v) is 7.13. The smallest absolute Gasteiger partial charge is 0.0467 e. The Hall–Kier alpha value is -5.44. The van der Waals surface area contributed by atoms with Crippen LogP contribution in [0, 0.1) is 0 Å². The summed E-state index contributed by atoms with van der Waals surface area (Å²) in [5, 5.41) is 6.11. The van der Waals surface area contributed by atoms with Crippen LogP contribution in [0.2, 0.25) is 0 Å². The van der Waals surface area contributed by atoms with E-state index in [-0.39, 0.29) is 0 Å². The summed E-state index contributed by atoms with van der Waals surface area (Å²) in [6.45, 7) is 0. The number of nitrogens with zero attached hydrogens (tertiary/aromatic N) is 1.